The molecule has 0 radical (unpaired) electrons. The summed E-state index contributed by atoms with van der Waals surface area (Å²) < 4.78 is 0. The van der Waals surface area contributed by atoms with Crippen molar-refractivity contribution in [2.24, 2.45) is 11.3 Å². The Balaban J connectivity index is 2.14. The van der Waals surface area contributed by atoms with Gasteiger partial charge in [0.2, 0.25) is 0 Å². The summed E-state index contributed by atoms with van der Waals surface area (Å²) in [6.45, 7) is 0.652. The van der Waals surface area contributed by atoms with E-state index >= 15 is 0 Å². The molecular formula is C11H15NO5. The number of hydrogen-bond acceptors (Lipinski definition) is 3. The zero-order chi connectivity index (χ0) is 12.6. The number of nitrogens with zero attached hydrogens (tertiary/aromatic N) is 1. The van der Waals surface area contributed by atoms with Crippen molar-refractivity contribution in [1.82, 2.24) is 4.90 Å². The van der Waals surface area contributed by atoms with Crippen molar-refractivity contribution >= 4 is 17.8 Å². The largest absolute Gasteiger partial charge is 0.481 e. The van der Waals surface area contributed by atoms with E-state index in [4.69, 9.17) is 10.2 Å². The lowest BCUT2D eigenvalue weighted by atomic mass is 9.70. The molecular weight excluding hydrogens is 226 g/mol. The number of likely N-dealkylation sites (tertiary alicyclic amines) is 1. The lowest BCUT2D eigenvalue weighted by Crippen LogP contribution is -2.46. The first-order valence-corrected chi connectivity index (χ1v) is 5.70. The Bertz CT molecular complexity index is 370. The quantitative estimate of drug-likeness (QED) is 0.662. The highest BCUT2D eigenvalue weighted by Crippen LogP contribution is 2.48. The van der Waals surface area contributed by atoms with Gasteiger partial charge in [-0.1, -0.05) is 0 Å². The van der Waals surface area contributed by atoms with Gasteiger partial charge in [-0.25, -0.2) is 4.79 Å². The van der Waals surface area contributed by atoms with Gasteiger partial charge in [-0.2, -0.15) is 0 Å². The summed E-state index contributed by atoms with van der Waals surface area (Å²) in [4.78, 5) is 34.8. The molecule has 2 fully saturated rings. The van der Waals surface area contributed by atoms with Crippen LogP contribution in [0.1, 0.15) is 25.7 Å². The molecule has 1 saturated carbocycles. The molecule has 94 valence electrons. The van der Waals surface area contributed by atoms with Crippen molar-refractivity contribution in [1.29, 1.82) is 0 Å². The van der Waals surface area contributed by atoms with Gasteiger partial charge in [0.05, 0.1) is 0 Å². The number of piperidine rings is 1. The van der Waals surface area contributed by atoms with Gasteiger partial charge < -0.3 is 15.1 Å². The van der Waals surface area contributed by atoms with E-state index in [2.05, 4.69) is 0 Å². The van der Waals surface area contributed by atoms with Crippen molar-refractivity contribution < 1.29 is 24.6 Å². The molecule has 6 heteroatoms. The summed E-state index contributed by atoms with van der Waals surface area (Å²) in [6, 6.07) is 0. The van der Waals surface area contributed by atoms with Crippen LogP contribution in [0.5, 0.6) is 0 Å². The van der Waals surface area contributed by atoms with Crippen LogP contribution >= 0.6 is 0 Å². The highest BCUT2D eigenvalue weighted by molar-refractivity contribution is 6.00. The first-order valence-electron chi connectivity index (χ1n) is 5.70. The Morgan fingerprint density at radius 3 is 2.24 bits per heavy atom. The van der Waals surface area contributed by atoms with Gasteiger partial charge in [-0.15, -0.1) is 0 Å². The van der Waals surface area contributed by atoms with Crippen LogP contribution in [0.4, 0.5) is 4.79 Å². The number of hydrogen-bond donors (Lipinski definition) is 2. The molecule has 2 rings (SSSR count). The number of aliphatic carboxylic acids is 1. The van der Waals surface area contributed by atoms with Crippen LogP contribution in [0.25, 0.3) is 0 Å². The third-order valence-corrected chi connectivity index (χ3v) is 4.08. The van der Waals surface area contributed by atoms with E-state index in [0.29, 0.717) is 38.8 Å². The van der Waals surface area contributed by atoms with Gasteiger partial charge in [-0.3, -0.25) is 9.59 Å². The molecule has 0 aromatic carbocycles. The Labute approximate surface area is 98.2 Å². The van der Waals surface area contributed by atoms with Crippen LogP contribution in [-0.4, -0.2) is 46.0 Å². The number of Topliss-reactive ketones (excluding diaryl/α,β-unsaturated/α-hetero) is 1. The summed E-state index contributed by atoms with van der Waals surface area (Å²) in [6.07, 6.45) is 0.862. The van der Waals surface area contributed by atoms with E-state index in [1.165, 1.54) is 4.90 Å². The molecule has 1 spiro atoms. The van der Waals surface area contributed by atoms with Crippen molar-refractivity contribution in [3.63, 3.8) is 0 Å². The van der Waals surface area contributed by atoms with Gasteiger partial charge in [-0.05, 0) is 24.7 Å². The molecule has 1 unspecified atom stereocenters. The van der Waals surface area contributed by atoms with Crippen molar-refractivity contribution in [2.75, 3.05) is 13.1 Å². The van der Waals surface area contributed by atoms with Crippen LogP contribution in [0, 0.1) is 11.3 Å². The first-order chi connectivity index (χ1) is 7.96. The highest BCUT2D eigenvalue weighted by atomic mass is 16.4. The molecule has 1 aliphatic heterocycles. The second kappa shape index (κ2) is 4.01. The summed E-state index contributed by atoms with van der Waals surface area (Å²) in [5.74, 6) is -2.20. The van der Waals surface area contributed by atoms with Crippen molar-refractivity contribution in [3.8, 4) is 0 Å². The minimum Gasteiger partial charge on any atom is -0.481 e. The molecule has 1 heterocycles. The summed E-state index contributed by atoms with van der Waals surface area (Å²) in [7, 11) is 0. The summed E-state index contributed by atoms with van der Waals surface area (Å²) in [5, 5.41) is 18.0. The number of carbonyl (C=O) groups excluding carboxylic acids is 1. The molecule has 2 aliphatic rings. The van der Waals surface area contributed by atoms with E-state index in [1.807, 2.05) is 0 Å². The maximum absolute atomic E-state index is 11.6. The van der Waals surface area contributed by atoms with Crippen molar-refractivity contribution in [3.05, 3.63) is 0 Å². The number of amides is 1. The van der Waals surface area contributed by atoms with Crippen LogP contribution in [0.3, 0.4) is 0 Å². The fourth-order valence-corrected chi connectivity index (χ4v) is 3.08. The van der Waals surface area contributed by atoms with Gasteiger partial charge in [0, 0.05) is 19.5 Å². The Morgan fingerprint density at radius 1 is 1.18 bits per heavy atom. The van der Waals surface area contributed by atoms with Gasteiger partial charge >= 0.3 is 12.1 Å². The predicted octanol–water partition coefficient (Wildman–Crippen LogP) is 0.810. The molecule has 1 amide bonds. The second-order valence-corrected chi connectivity index (χ2v) is 4.87. The minimum atomic E-state index is -1.06. The molecule has 2 N–H and O–H groups in total. The van der Waals surface area contributed by atoms with Crippen LogP contribution < -0.4 is 0 Å². The van der Waals surface area contributed by atoms with Gasteiger partial charge in [0.1, 0.15) is 11.7 Å². The molecule has 17 heavy (non-hydrogen) atoms. The predicted molar refractivity (Wildman–Crippen MR) is 56.6 cm³/mol. The smallest absolute Gasteiger partial charge is 0.407 e. The Hall–Kier alpha value is -1.59. The number of carboxylic acids is 1. The minimum absolute atomic E-state index is 0.207. The Kier molecular flexibility index (Phi) is 2.81. The third-order valence-electron chi connectivity index (χ3n) is 4.08. The van der Waals surface area contributed by atoms with Crippen LogP contribution in [0.2, 0.25) is 0 Å². The first kappa shape index (κ1) is 11.9. The molecule has 0 bridgehead atoms. The number of carbonyl (C=O) groups is 3. The average molecular weight is 241 g/mol. The normalized spacial score (nSPS) is 27.4. The zero-order valence-electron chi connectivity index (χ0n) is 9.39. The van der Waals surface area contributed by atoms with Crippen LogP contribution in [0.15, 0.2) is 0 Å². The monoisotopic (exact) mass is 241 g/mol. The lowest BCUT2D eigenvalue weighted by molar-refractivity contribution is -0.150. The van der Waals surface area contributed by atoms with Crippen molar-refractivity contribution in [2.45, 2.75) is 25.7 Å². The van der Waals surface area contributed by atoms with E-state index in [1.54, 1.807) is 0 Å². The number of carboxylic acid groups (broad SMARTS) is 2. The molecule has 0 aromatic rings. The third kappa shape index (κ3) is 1.87. The lowest BCUT2D eigenvalue weighted by Gasteiger charge is -2.40. The maximum atomic E-state index is 11.6. The maximum Gasteiger partial charge on any atom is 0.407 e. The number of ketones is 1. The fraction of sp³-hybridized carbons (Fsp3) is 0.727. The standard InChI is InChI=1S/C11H15NO5/c13-7-1-2-11(8(7)9(14)15)3-5-12(6-4-11)10(16)17/h8H,1-6H2,(H,14,15)(H,16,17). The fourth-order valence-electron chi connectivity index (χ4n) is 3.08. The molecule has 1 saturated heterocycles. The van der Waals surface area contributed by atoms with E-state index in [-0.39, 0.29) is 5.78 Å². The SMILES string of the molecule is O=C(O)C1C(=O)CCC12CCN(C(=O)O)CC2. The average Bonchev–Trinajstić information content (AvgIpc) is 2.56. The zero-order valence-corrected chi connectivity index (χ0v) is 9.39. The van der Waals surface area contributed by atoms with E-state index < -0.39 is 23.4 Å². The van der Waals surface area contributed by atoms with Gasteiger partial charge in [0.15, 0.2) is 0 Å². The van der Waals surface area contributed by atoms with E-state index in [9.17, 15) is 14.4 Å². The highest BCUT2D eigenvalue weighted by Gasteiger charge is 2.53. The molecule has 6 nitrogen and oxygen atoms in total. The topological polar surface area (TPSA) is 94.9 Å². The van der Waals surface area contributed by atoms with Crippen LogP contribution in [-0.2, 0) is 9.59 Å². The van der Waals surface area contributed by atoms with E-state index in [0.717, 1.165) is 0 Å². The second-order valence-electron chi connectivity index (χ2n) is 4.87. The molecule has 1 aliphatic carbocycles. The van der Waals surface area contributed by atoms with Gasteiger partial charge in [0.25, 0.3) is 0 Å². The Morgan fingerprint density at radius 2 is 1.76 bits per heavy atom. The molecule has 1 atom stereocenters. The number of rotatable bonds is 1. The summed E-state index contributed by atoms with van der Waals surface area (Å²) >= 11 is 0. The summed E-state index contributed by atoms with van der Waals surface area (Å²) in [5.41, 5.74) is -0.505. The molecule has 0 aromatic heterocycles.